The lowest BCUT2D eigenvalue weighted by Crippen LogP contribution is -2.12. The van der Waals surface area contributed by atoms with Crippen LogP contribution in [0.4, 0.5) is 17.2 Å². The van der Waals surface area contributed by atoms with Gasteiger partial charge in [-0.2, -0.15) is 10.4 Å². The zero-order valence-corrected chi connectivity index (χ0v) is 16.3. The maximum absolute atomic E-state index is 9.17. The van der Waals surface area contributed by atoms with Crippen LogP contribution in [0.2, 0.25) is 0 Å². The monoisotopic (exact) mass is 392 g/mol. The van der Waals surface area contributed by atoms with Gasteiger partial charge in [-0.1, -0.05) is 48.5 Å². The van der Waals surface area contributed by atoms with E-state index in [1.54, 1.807) is 6.20 Å². The van der Waals surface area contributed by atoms with Gasteiger partial charge in [0.1, 0.15) is 11.5 Å². The van der Waals surface area contributed by atoms with E-state index in [9.17, 15) is 0 Å². The summed E-state index contributed by atoms with van der Waals surface area (Å²) in [6.45, 7) is 0.514. The van der Waals surface area contributed by atoms with E-state index in [2.05, 4.69) is 46.0 Å². The molecule has 0 fully saturated rings. The second-order valence-corrected chi connectivity index (χ2v) is 7.14. The Bertz CT molecular complexity index is 1210. The maximum Gasteiger partial charge on any atom is 0.135 e. The number of fused-ring (bicyclic) bond motifs is 2. The molecule has 0 bridgehead atoms. The van der Waals surface area contributed by atoms with Crippen LogP contribution in [0.1, 0.15) is 23.6 Å². The van der Waals surface area contributed by atoms with Crippen LogP contribution in [-0.4, -0.2) is 14.8 Å². The summed E-state index contributed by atoms with van der Waals surface area (Å²) in [5.41, 5.74) is 6.01. The molecule has 6 nitrogen and oxygen atoms in total. The lowest BCUT2D eigenvalue weighted by atomic mass is 9.96. The molecular formula is C24H20N6. The van der Waals surface area contributed by atoms with Gasteiger partial charge >= 0.3 is 0 Å². The number of nitrogens with one attached hydrogen (secondary N) is 2. The Balaban J connectivity index is 1.77. The van der Waals surface area contributed by atoms with Crippen molar-refractivity contribution in [3.8, 4) is 17.3 Å². The highest BCUT2D eigenvalue weighted by molar-refractivity contribution is 5.83. The van der Waals surface area contributed by atoms with Crippen molar-refractivity contribution in [3.05, 3.63) is 90.3 Å². The molecule has 0 aliphatic carbocycles. The molecule has 1 atom stereocenters. The predicted molar refractivity (Wildman–Crippen MR) is 117 cm³/mol. The highest BCUT2D eigenvalue weighted by Gasteiger charge is 2.30. The van der Waals surface area contributed by atoms with Crippen LogP contribution in [0.25, 0.3) is 11.3 Å². The van der Waals surface area contributed by atoms with Gasteiger partial charge < -0.3 is 10.6 Å². The minimum Gasteiger partial charge on any atom is -0.372 e. The minimum absolute atomic E-state index is 0.143. The summed E-state index contributed by atoms with van der Waals surface area (Å²) in [4.78, 5) is 4.35. The molecule has 0 saturated heterocycles. The summed E-state index contributed by atoms with van der Waals surface area (Å²) in [7, 11) is 0. The van der Waals surface area contributed by atoms with E-state index >= 15 is 0 Å². The molecule has 0 saturated carbocycles. The Hall–Kier alpha value is -4.11. The standard InChI is InChI=1S/C24H20N6/c25-13-7-15-30-24-21(23(29-30)17-8-2-1-3-9-17)22(18-10-6-14-26-16-18)27-19-11-4-5-12-20(19)28-24/h1-6,8-12,14,16,22,27-28H,7,15H2/t22-/m1/s1. The molecule has 2 aromatic heterocycles. The van der Waals surface area contributed by atoms with Crippen molar-refractivity contribution in [1.82, 2.24) is 14.8 Å². The molecule has 0 spiro atoms. The predicted octanol–water partition coefficient (Wildman–Crippen LogP) is 5.12. The normalized spacial score (nSPS) is 14.4. The molecule has 0 radical (unpaired) electrons. The van der Waals surface area contributed by atoms with Crippen molar-refractivity contribution in [3.63, 3.8) is 0 Å². The Labute approximate surface area is 174 Å². The number of aromatic nitrogens is 3. The zero-order valence-electron chi connectivity index (χ0n) is 16.3. The van der Waals surface area contributed by atoms with Gasteiger partial charge in [-0.15, -0.1) is 0 Å². The molecule has 2 aromatic carbocycles. The molecule has 1 aliphatic heterocycles. The molecule has 1 aliphatic rings. The molecule has 6 heteroatoms. The number of pyridine rings is 1. The van der Waals surface area contributed by atoms with Crippen molar-refractivity contribution in [1.29, 1.82) is 5.26 Å². The molecule has 2 N–H and O–H groups in total. The number of para-hydroxylation sites is 2. The number of rotatable bonds is 4. The van der Waals surface area contributed by atoms with Gasteiger partial charge in [0.2, 0.25) is 0 Å². The van der Waals surface area contributed by atoms with Crippen LogP contribution in [0, 0.1) is 11.3 Å². The molecule has 5 rings (SSSR count). The van der Waals surface area contributed by atoms with Gasteiger partial charge in [0.15, 0.2) is 0 Å². The molecule has 30 heavy (non-hydrogen) atoms. The van der Waals surface area contributed by atoms with Gasteiger partial charge in [-0.25, -0.2) is 4.68 Å². The Kier molecular flexibility index (Phi) is 4.62. The SMILES string of the molecule is N#CCCn1nc(-c2ccccc2)c2c1Nc1ccccc1N[C@@H]2c1cccnc1. The van der Waals surface area contributed by atoms with E-state index in [0.717, 1.165) is 39.6 Å². The van der Waals surface area contributed by atoms with Crippen LogP contribution in [0.15, 0.2) is 79.1 Å². The van der Waals surface area contributed by atoms with Crippen molar-refractivity contribution in [2.45, 2.75) is 19.0 Å². The van der Waals surface area contributed by atoms with Crippen LogP contribution < -0.4 is 10.6 Å². The number of benzene rings is 2. The smallest absolute Gasteiger partial charge is 0.135 e. The van der Waals surface area contributed by atoms with E-state index in [-0.39, 0.29) is 6.04 Å². The van der Waals surface area contributed by atoms with Crippen molar-refractivity contribution < 1.29 is 0 Å². The van der Waals surface area contributed by atoms with Crippen LogP contribution in [-0.2, 0) is 6.54 Å². The molecule has 4 aromatic rings. The highest BCUT2D eigenvalue weighted by Crippen LogP contribution is 2.44. The lowest BCUT2D eigenvalue weighted by Gasteiger charge is -2.19. The average molecular weight is 392 g/mol. The van der Waals surface area contributed by atoms with Crippen LogP contribution >= 0.6 is 0 Å². The third-order valence-corrected chi connectivity index (χ3v) is 5.26. The van der Waals surface area contributed by atoms with E-state index in [1.807, 2.05) is 53.3 Å². The summed E-state index contributed by atoms with van der Waals surface area (Å²) in [6.07, 6.45) is 4.05. The summed E-state index contributed by atoms with van der Waals surface area (Å²) >= 11 is 0. The average Bonchev–Trinajstić information content (AvgIpc) is 3.06. The number of hydrogen-bond acceptors (Lipinski definition) is 5. The minimum atomic E-state index is -0.143. The van der Waals surface area contributed by atoms with E-state index in [4.69, 9.17) is 10.4 Å². The Morgan fingerprint density at radius 1 is 0.967 bits per heavy atom. The first-order valence-corrected chi connectivity index (χ1v) is 9.91. The van der Waals surface area contributed by atoms with E-state index in [0.29, 0.717) is 13.0 Å². The zero-order chi connectivity index (χ0) is 20.3. The summed E-state index contributed by atoms with van der Waals surface area (Å²) in [5.74, 6) is 0.899. The fourth-order valence-electron chi connectivity index (χ4n) is 3.88. The second-order valence-electron chi connectivity index (χ2n) is 7.14. The third kappa shape index (κ3) is 3.16. The summed E-state index contributed by atoms with van der Waals surface area (Å²) < 4.78 is 1.91. The van der Waals surface area contributed by atoms with Crippen molar-refractivity contribution >= 4 is 17.2 Å². The number of nitriles is 1. The van der Waals surface area contributed by atoms with Crippen molar-refractivity contribution in [2.24, 2.45) is 0 Å². The molecule has 0 amide bonds. The lowest BCUT2D eigenvalue weighted by molar-refractivity contribution is 0.637. The van der Waals surface area contributed by atoms with E-state index < -0.39 is 0 Å². The van der Waals surface area contributed by atoms with Gasteiger partial charge in [0.05, 0.1) is 36.5 Å². The van der Waals surface area contributed by atoms with Gasteiger partial charge in [0.25, 0.3) is 0 Å². The Morgan fingerprint density at radius 3 is 2.53 bits per heavy atom. The Morgan fingerprint density at radius 2 is 1.77 bits per heavy atom. The topological polar surface area (TPSA) is 78.6 Å². The number of hydrogen-bond donors (Lipinski definition) is 2. The van der Waals surface area contributed by atoms with Crippen LogP contribution in [0.5, 0.6) is 0 Å². The molecule has 3 heterocycles. The first-order valence-electron chi connectivity index (χ1n) is 9.91. The highest BCUT2D eigenvalue weighted by atomic mass is 15.3. The van der Waals surface area contributed by atoms with Crippen LogP contribution in [0.3, 0.4) is 0 Å². The number of anilines is 3. The first kappa shape index (κ1) is 18.0. The third-order valence-electron chi connectivity index (χ3n) is 5.26. The van der Waals surface area contributed by atoms with E-state index in [1.165, 1.54) is 0 Å². The largest absolute Gasteiger partial charge is 0.372 e. The molecular weight excluding hydrogens is 372 g/mol. The van der Waals surface area contributed by atoms with Gasteiger partial charge in [0, 0.05) is 23.5 Å². The summed E-state index contributed by atoms with van der Waals surface area (Å²) in [5, 5.41) is 21.4. The fourth-order valence-corrected chi connectivity index (χ4v) is 3.88. The van der Waals surface area contributed by atoms with Gasteiger partial charge in [-0.3, -0.25) is 4.98 Å². The summed E-state index contributed by atoms with van der Waals surface area (Å²) in [6, 6.07) is 24.4. The fraction of sp³-hybridized carbons (Fsp3) is 0.125. The second kappa shape index (κ2) is 7.72. The first-order chi connectivity index (χ1) is 14.8. The molecule has 0 unspecified atom stereocenters. The van der Waals surface area contributed by atoms with Gasteiger partial charge in [-0.05, 0) is 23.8 Å². The quantitative estimate of drug-likeness (QED) is 0.504. The molecule has 146 valence electrons. The number of nitrogens with zero attached hydrogens (tertiary/aromatic N) is 4. The van der Waals surface area contributed by atoms with Crippen molar-refractivity contribution in [2.75, 3.05) is 10.6 Å². The maximum atomic E-state index is 9.17. The number of aryl methyl sites for hydroxylation is 1.